The van der Waals surface area contributed by atoms with Crippen molar-refractivity contribution in [3.05, 3.63) is 36.1 Å². The highest BCUT2D eigenvalue weighted by Gasteiger charge is 2.29. The molecule has 2 amide bonds. The standard InChI is InChI=1S/C17H20N2O4/c1-11(15-9-12-5-2-3-7-14(12)23-15)18-17(22)19-8-4-6-13(10-19)16(20)21/h2-3,5,7,9,11,13H,4,6,8,10H2,1H3,(H,18,22)(H,20,21). The molecule has 23 heavy (non-hydrogen) atoms. The van der Waals surface area contributed by atoms with E-state index >= 15 is 0 Å². The van der Waals surface area contributed by atoms with Crippen molar-refractivity contribution in [3.63, 3.8) is 0 Å². The Labute approximate surface area is 134 Å². The van der Waals surface area contributed by atoms with Gasteiger partial charge in [-0.05, 0) is 31.9 Å². The summed E-state index contributed by atoms with van der Waals surface area (Å²) < 4.78 is 5.75. The van der Waals surface area contributed by atoms with Gasteiger partial charge in [-0.1, -0.05) is 18.2 Å². The first-order valence-corrected chi connectivity index (χ1v) is 7.81. The van der Waals surface area contributed by atoms with Crippen LogP contribution in [0.3, 0.4) is 0 Å². The molecule has 2 heterocycles. The summed E-state index contributed by atoms with van der Waals surface area (Å²) in [6.45, 7) is 2.70. The number of nitrogens with zero attached hydrogens (tertiary/aromatic N) is 1. The normalized spacial score (nSPS) is 19.5. The lowest BCUT2D eigenvalue weighted by atomic mass is 9.99. The van der Waals surface area contributed by atoms with E-state index in [-0.39, 0.29) is 18.6 Å². The van der Waals surface area contributed by atoms with E-state index in [0.717, 1.165) is 11.0 Å². The number of hydrogen-bond donors (Lipinski definition) is 2. The molecule has 0 aliphatic carbocycles. The summed E-state index contributed by atoms with van der Waals surface area (Å²) in [4.78, 5) is 25.0. The van der Waals surface area contributed by atoms with Crippen LogP contribution < -0.4 is 5.32 Å². The highest BCUT2D eigenvalue weighted by molar-refractivity contribution is 5.79. The Morgan fingerprint density at radius 2 is 2.17 bits per heavy atom. The Hall–Kier alpha value is -2.50. The molecule has 0 radical (unpaired) electrons. The number of carboxylic acids is 1. The van der Waals surface area contributed by atoms with Crippen LogP contribution in [0, 0.1) is 5.92 Å². The molecular weight excluding hydrogens is 296 g/mol. The van der Waals surface area contributed by atoms with Gasteiger partial charge < -0.3 is 19.7 Å². The van der Waals surface area contributed by atoms with E-state index in [2.05, 4.69) is 5.32 Å². The molecule has 6 nitrogen and oxygen atoms in total. The first-order valence-electron chi connectivity index (χ1n) is 7.81. The maximum atomic E-state index is 12.3. The van der Waals surface area contributed by atoms with Crippen molar-refractivity contribution < 1.29 is 19.1 Å². The number of furan rings is 1. The molecule has 6 heteroatoms. The number of hydrogen-bond acceptors (Lipinski definition) is 3. The van der Waals surface area contributed by atoms with Crippen LogP contribution in [0.15, 0.2) is 34.7 Å². The maximum Gasteiger partial charge on any atom is 0.318 e. The summed E-state index contributed by atoms with van der Waals surface area (Å²) in [5, 5.41) is 13.0. The fourth-order valence-electron chi connectivity index (χ4n) is 2.93. The lowest BCUT2D eigenvalue weighted by Crippen LogP contribution is -2.47. The number of nitrogens with one attached hydrogen (secondary N) is 1. The number of benzene rings is 1. The number of aliphatic carboxylic acids is 1. The second-order valence-electron chi connectivity index (χ2n) is 5.98. The number of rotatable bonds is 3. The molecule has 1 aromatic carbocycles. The molecule has 1 fully saturated rings. The first kappa shape index (κ1) is 15.4. The van der Waals surface area contributed by atoms with Gasteiger partial charge in [-0.3, -0.25) is 4.79 Å². The number of fused-ring (bicyclic) bond motifs is 1. The third-order valence-corrected chi connectivity index (χ3v) is 4.27. The largest absolute Gasteiger partial charge is 0.481 e. The summed E-state index contributed by atoms with van der Waals surface area (Å²) in [6, 6.07) is 9.07. The van der Waals surface area contributed by atoms with Gasteiger partial charge in [0.15, 0.2) is 0 Å². The van der Waals surface area contributed by atoms with E-state index in [0.29, 0.717) is 25.1 Å². The van der Waals surface area contributed by atoms with Gasteiger partial charge in [0.25, 0.3) is 0 Å². The number of amides is 2. The highest BCUT2D eigenvalue weighted by Crippen LogP contribution is 2.24. The van der Waals surface area contributed by atoms with Crippen LogP contribution in [-0.2, 0) is 4.79 Å². The molecule has 0 bridgehead atoms. The number of carboxylic acid groups (broad SMARTS) is 1. The molecule has 1 aliphatic heterocycles. The lowest BCUT2D eigenvalue weighted by molar-refractivity contribution is -0.143. The lowest BCUT2D eigenvalue weighted by Gasteiger charge is -2.31. The minimum Gasteiger partial charge on any atom is -0.481 e. The minimum atomic E-state index is -0.840. The van der Waals surface area contributed by atoms with Crippen LogP contribution in [0.2, 0.25) is 0 Å². The van der Waals surface area contributed by atoms with Crippen molar-refractivity contribution in [1.29, 1.82) is 0 Å². The molecule has 1 aliphatic rings. The topological polar surface area (TPSA) is 82.8 Å². The minimum absolute atomic E-state index is 0.246. The molecule has 3 rings (SSSR count). The monoisotopic (exact) mass is 316 g/mol. The van der Waals surface area contributed by atoms with Gasteiger partial charge in [0.1, 0.15) is 11.3 Å². The molecule has 2 atom stereocenters. The zero-order chi connectivity index (χ0) is 16.4. The summed E-state index contributed by atoms with van der Waals surface area (Å²) in [5.41, 5.74) is 0.785. The summed E-state index contributed by atoms with van der Waals surface area (Å²) >= 11 is 0. The summed E-state index contributed by atoms with van der Waals surface area (Å²) in [7, 11) is 0. The molecule has 0 spiro atoms. The molecule has 122 valence electrons. The number of para-hydroxylation sites is 1. The SMILES string of the molecule is CC(NC(=O)N1CCCC(C(=O)O)C1)c1cc2ccccc2o1. The van der Waals surface area contributed by atoms with Gasteiger partial charge >= 0.3 is 12.0 Å². The van der Waals surface area contributed by atoms with Crippen molar-refractivity contribution in [1.82, 2.24) is 10.2 Å². The predicted octanol–water partition coefficient (Wildman–Crippen LogP) is 3.00. The fourth-order valence-corrected chi connectivity index (χ4v) is 2.93. The van der Waals surface area contributed by atoms with Crippen LogP contribution in [0.4, 0.5) is 4.79 Å². The number of urea groups is 1. The van der Waals surface area contributed by atoms with Crippen molar-refractivity contribution in [3.8, 4) is 0 Å². The third kappa shape index (κ3) is 3.31. The van der Waals surface area contributed by atoms with Crippen molar-refractivity contribution in [2.24, 2.45) is 5.92 Å². The fraction of sp³-hybridized carbons (Fsp3) is 0.412. The zero-order valence-electron chi connectivity index (χ0n) is 13.0. The molecule has 2 unspecified atom stereocenters. The Morgan fingerprint density at radius 1 is 1.39 bits per heavy atom. The Balaban J connectivity index is 1.65. The smallest absolute Gasteiger partial charge is 0.318 e. The van der Waals surface area contributed by atoms with Crippen LogP contribution >= 0.6 is 0 Å². The molecular formula is C17H20N2O4. The summed E-state index contributed by atoms with van der Waals surface area (Å²) in [6.07, 6.45) is 1.33. The number of carbonyl (C=O) groups excluding carboxylic acids is 1. The van der Waals surface area contributed by atoms with Gasteiger partial charge in [-0.25, -0.2) is 4.79 Å². The molecule has 0 saturated carbocycles. The van der Waals surface area contributed by atoms with Crippen LogP contribution in [0.25, 0.3) is 11.0 Å². The Morgan fingerprint density at radius 3 is 2.91 bits per heavy atom. The highest BCUT2D eigenvalue weighted by atomic mass is 16.4. The van der Waals surface area contributed by atoms with E-state index in [1.807, 2.05) is 37.3 Å². The average molecular weight is 316 g/mol. The number of carbonyl (C=O) groups is 2. The van der Waals surface area contributed by atoms with Crippen molar-refractivity contribution >= 4 is 23.0 Å². The molecule has 2 aromatic rings. The maximum absolute atomic E-state index is 12.3. The van der Waals surface area contributed by atoms with Gasteiger partial charge in [0, 0.05) is 18.5 Å². The molecule has 2 N–H and O–H groups in total. The number of piperidine rings is 1. The second kappa shape index (κ2) is 6.32. The van der Waals surface area contributed by atoms with Crippen LogP contribution in [-0.4, -0.2) is 35.1 Å². The van der Waals surface area contributed by atoms with E-state index < -0.39 is 11.9 Å². The molecule has 1 aromatic heterocycles. The predicted molar refractivity (Wildman–Crippen MR) is 85.1 cm³/mol. The van der Waals surface area contributed by atoms with Gasteiger partial charge in [0.05, 0.1) is 12.0 Å². The molecule has 1 saturated heterocycles. The van der Waals surface area contributed by atoms with Crippen molar-refractivity contribution in [2.45, 2.75) is 25.8 Å². The van der Waals surface area contributed by atoms with Gasteiger partial charge in [-0.15, -0.1) is 0 Å². The first-order chi connectivity index (χ1) is 11.0. The third-order valence-electron chi connectivity index (χ3n) is 4.27. The van der Waals surface area contributed by atoms with Crippen LogP contribution in [0.5, 0.6) is 0 Å². The number of likely N-dealkylation sites (tertiary alicyclic amines) is 1. The Kier molecular flexibility index (Phi) is 4.23. The van der Waals surface area contributed by atoms with Crippen molar-refractivity contribution in [2.75, 3.05) is 13.1 Å². The van der Waals surface area contributed by atoms with E-state index in [9.17, 15) is 9.59 Å². The van der Waals surface area contributed by atoms with E-state index in [1.54, 1.807) is 4.90 Å². The second-order valence-corrected chi connectivity index (χ2v) is 5.98. The Bertz CT molecular complexity index is 691. The van der Waals surface area contributed by atoms with Gasteiger partial charge in [0.2, 0.25) is 0 Å². The quantitative estimate of drug-likeness (QED) is 0.912. The van der Waals surface area contributed by atoms with Crippen LogP contribution in [0.1, 0.15) is 31.6 Å². The average Bonchev–Trinajstić information content (AvgIpc) is 2.99. The summed E-state index contributed by atoms with van der Waals surface area (Å²) in [5.74, 6) is -0.629. The zero-order valence-corrected chi connectivity index (χ0v) is 13.0. The van der Waals surface area contributed by atoms with E-state index in [4.69, 9.17) is 9.52 Å². The van der Waals surface area contributed by atoms with Gasteiger partial charge in [-0.2, -0.15) is 0 Å². The van der Waals surface area contributed by atoms with E-state index in [1.165, 1.54) is 0 Å².